The van der Waals surface area contributed by atoms with E-state index >= 15 is 0 Å². The summed E-state index contributed by atoms with van der Waals surface area (Å²) in [4.78, 5) is 27.7. The highest BCUT2D eigenvalue weighted by atomic mass is 32.1. The Hall–Kier alpha value is -2.51. The van der Waals surface area contributed by atoms with Gasteiger partial charge in [-0.25, -0.2) is 5.10 Å². The molecule has 3 heterocycles. The molecule has 0 unspecified atom stereocenters. The van der Waals surface area contributed by atoms with Crippen molar-refractivity contribution in [3.05, 3.63) is 62.2 Å². The molecule has 26 heavy (non-hydrogen) atoms. The summed E-state index contributed by atoms with van der Waals surface area (Å²) in [7, 11) is 0. The molecule has 0 saturated carbocycles. The van der Waals surface area contributed by atoms with Crippen molar-refractivity contribution in [3.8, 4) is 0 Å². The van der Waals surface area contributed by atoms with Crippen LogP contribution in [-0.4, -0.2) is 45.3 Å². The van der Waals surface area contributed by atoms with E-state index in [0.717, 1.165) is 0 Å². The number of carbonyl (C=O) groups is 1. The number of β-amino-alcohol motifs (C(OH)–C–C–N with tert-alkyl or cyclic N) is 1. The van der Waals surface area contributed by atoms with Crippen molar-refractivity contribution in [3.63, 3.8) is 0 Å². The molecular formula is C19H19N3O3S. The molecule has 134 valence electrons. The summed E-state index contributed by atoms with van der Waals surface area (Å²) in [6.07, 6.45) is 0.0919. The van der Waals surface area contributed by atoms with Crippen LogP contribution in [0.25, 0.3) is 10.8 Å². The number of hydrogen-bond acceptors (Lipinski definition) is 5. The molecule has 2 N–H and O–H groups in total. The van der Waals surface area contributed by atoms with E-state index in [4.69, 9.17) is 0 Å². The molecule has 6 nitrogen and oxygen atoms in total. The van der Waals surface area contributed by atoms with Gasteiger partial charge in [-0.15, -0.1) is 11.3 Å². The molecule has 0 aliphatic carbocycles. The average Bonchev–Trinajstić information content (AvgIpc) is 3.07. The smallest absolute Gasteiger partial charge is 0.275 e. The number of benzene rings is 1. The van der Waals surface area contributed by atoms with Crippen molar-refractivity contribution < 1.29 is 9.90 Å². The number of aryl methyl sites for hydroxylation is 1. The van der Waals surface area contributed by atoms with Crippen molar-refractivity contribution >= 4 is 28.0 Å². The number of likely N-dealkylation sites (tertiary alicyclic amines) is 1. The molecule has 2 aromatic heterocycles. The number of thiophene rings is 1. The number of nitrogens with one attached hydrogen (secondary N) is 1. The zero-order chi connectivity index (χ0) is 18.3. The van der Waals surface area contributed by atoms with Crippen LogP contribution in [0.15, 0.2) is 40.5 Å². The molecule has 1 amide bonds. The van der Waals surface area contributed by atoms with E-state index in [9.17, 15) is 14.7 Å². The first-order valence-electron chi connectivity index (χ1n) is 8.55. The van der Waals surface area contributed by atoms with E-state index in [0.29, 0.717) is 23.7 Å². The van der Waals surface area contributed by atoms with Gasteiger partial charge in [-0.3, -0.25) is 9.59 Å². The predicted octanol–water partition coefficient (Wildman–Crippen LogP) is 2.28. The fourth-order valence-electron chi connectivity index (χ4n) is 3.61. The van der Waals surface area contributed by atoms with Crippen LogP contribution in [0.5, 0.6) is 0 Å². The van der Waals surface area contributed by atoms with Gasteiger partial charge in [-0.2, -0.15) is 5.10 Å². The maximum atomic E-state index is 13.0. The highest BCUT2D eigenvalue weighted by Gasteiger charge is 2.33. The van der Waals surface area contributed by atoms with Gasteiger partial charge in [0.15, 0.2) is 5.69 Å². The van der Waals surface area contributed by atoms with Crippen LogP contribution >= 0.6 is 11.3 Å². The Balaban J connectivity index is 1.60. The zero-order valence-electron chi connectivity index (χ0n) is 14.3. The van der Waals surface area contributed by atoms with Gasteiger partial charge in [0.2, 0.25) is 0 Å². The summed E-state index contributed by atoms with van der Waals surface area (Å²) in [5.74, 6) is -0.211. The number of rotatable bonds is 2. The molecule has 1 aliphatic heterocycles. The van der Waals surface area contributed by atoms with E-state index in [1.807, 2.05) is 12.3 Å². The van der Waals surface area contributed by atoms with Crippen LogP contribution in [0.3, 0.4) is 0 Å². The van der Waals surface area contributed by atoms with E-state index in [1.165, 1.54) is 10.4 Å². The Morgan fingerprint density at radius 1 is 1.31 bits per heavy atom. The van der Waals surface area contributed by atoms with Gasteiger partial charge in [0, 0.05) is 29.3 Å². The third-order valence-corrected chi connectivity index (χ3v) is 6.16. The largest absolute Gasteiger partial charge is 0.391 e. The minimum atomic E-state index is -0.612. The van der Waals surface area contributed by atoms with Crippen molar-refractivity contribution in [2.45, 2.75) is 25.4 Å². The first-order valence-corrected chi connectivity index (χ1v) is 9.43. The minimum absolute atomic E-state index is 0.0549. The summed E-state index contributed by atoms with van der Waals surface area (Å²) >= 11 is 1.65. The lowest BCUT2D eigenvalue weighted by molar-refractivity contribution is 0.0383. The quantitative estimate of drug-likeness (QED) is 0.726. The van der Waals surface area contributed by atoms with Crippen molar-refractivity contribution in [2.24, 2.45) is 0 Å². The monoisotopic (exact) mass is 369 g/mol. The maximum absolute atomic E-state index is 13.0. The van der Waals surface area contributed by atoms with Crippen LogP contribution in [0, 0.1) is 6.92 Å². The van der Waals surface area contributed by atoms with Crippen LogP contribution in [0.4, 0.5) is 0 Å². The summed E-state index contributed by atoms with van der Waals surface area (Å²) in [5.41, 5.74) is 1.09. The molecular weight excluding hydrogens is 350 g/mol. The Morgan fingerprint density at radius 3 is 2.77 bits per heavy atom. The molecule has 7 heteroatoms. The highest BCUT2D eigenvalue weighted by molar-refractivity contribution is 7.10. The van der Waals surface area contributed by atoms with E-state index in [2.05, 4.69) is 16.3 Å². The van der Waals surface area contributed by atoms with Crippen molar-refractivity contribution in [1.29, 1.82) is 0 Å². The average molecular weight is 369 g/mol. The first-order chi connectivity index (χ1) is 12.6. The Labute approximate surface area is 154 Å². The number of amides is 1. The molecule has 0 radical (unpaired) electrons. The molecule has 0 bridgehead atoms. The third-order valence-electron chi connectivity index (χ3n) is 5.01. The second-order valence-electron chi connectivity index (χ2n) is 6.63. The van der Waals surface area contributed by atoms with Gasteiger partial charge in [-0.05, 0) is 36.4 Å². The number of fused-ring (bicyclic) bond motifs is 1. The maximum Gasteiger partial charge on any atom is 0.275 e. The fraction of sp³-hybridized carbons (Fsp3) is 0.316. The summed E-state index contributed by atoms with van der Waals surface area (Å²) < 4.78 is 0. The summed E-state index contributed by atoms with van der Waals surface area (Å²) in [6, 6.07) is 8.99. The first kappa shape index (κ1) is 16.9. The van der Waals surface area contributed by atoms with Gasteiger partial charge >= 0.3 is 0 Å². The van der Waals surface area contributed by atoms with Crippen LogP contribution < -0.4 is 5.56 Å². The second kappa shape index (κ2) is 6.66. The number of hydrogen-bond donors (Lipinski definition) is 2. The lowest BCUT2D eigenvalue weighted by Crippen LogP contribution is -2.46. The molecule has 1 aliphatic rings. The van der Waals surface area contributed by atoms with Gasteiger partial charge in [-0.1, -0.05) is 18.2 Å². The summed E-state index contributed by atoms with van der Waals surface area (Å²) in [5, 5.41) is 20.0. The lowest BCUT2D eigenvalue weighted by atomic mass is 9.90. The van der Waals surface area contributed by atoms with Gasteiger partial charge in [0.25, 0.3) is 11.5 Å². The summed E-state index contributed by atoms with van der Waals surface area (Å²) in [6.45, 7) is 2.86. The molecule has 3 aromatic rings. The van der Waals surface area contributed by atoms with Crippen LogP contribution in [-0.2, 0) is 0 Å². The van der Waals surface area contributed by atoms with Gasteiger partial charge in [0.05, 0.1) is 11.5 Å². The van der Waals surface area contributed by atoms with E-state index in [1.54, 1.807) is 40.5 Å². The number of aromatic amines is 1. The number of aliphatic hydroxyl groups is 1. The molecule has 1 saturated heterocycles. The molecule has 4 rings (SSSR count). The topological polar surface area (TPSA) is 86.3 Å². The number of piperidine rings is 1. The molecule has 1 fully saturated rings. The molecule has 1 aromatic carbocycles. The molecule has 2 atom stereocenters. The Kier molecular flexibility index (Phi) is 4.34. The zero-order valence-corrected chi connectivity index (χ0v) is 15.1. The minimum Gasteiger partial charge on any atom is -0.391 e. The number of nitrogens with zero attached hydrogens (tertiary/aromatic N) is 2. The Bertz CT molecular complexity index is 1030. The normalized spacial score (nSPS) is 20.5. The van der Waals surface area contributed by atoms with E-state index < -0.39 is 6.10 Å². The fourth-order valence-corrected chi connectivity index (χ4v) is 4.74. The number of aromatic nitrogens is 2. The number of carbonyl (C=O) groups excluding carboxylic acids is 1. The predicted molar refractivity (Wildman–Crippen MR) is 101 cm³/mol. The number of aliphatic hydroxyl groups excluding tert-OH is 1. The second-order valence-corrected chi connectivity index (χ2v) is 7.58. The standard InChI is InChI=1S/C19H19N3O3S/c1-11-7-9-26-17(11)14-6-8-22(10-15(14)23)19(25)16-12-4-2-3-5-13(12)18(24)21-20-16/h2-5,7,9,14-15,23H,6,8,10H2,1H3,(H,21,24)/t14-,15-/m1/s1. The van der Waals surface area contributed by atoms with Crippen molar-refractivity contribution in [1.82, 2.24) is 15.1 Å². The lowest BCUT2D eigenvalue weighted by Gasteiger charge is -2.35. The van der Waals surface area contributed by atoms with Crippen LogP contribution in [0.2, 0.25) is 0 Å². The van der Waals surface area contributed by atoms with Crippen molar-refractivity contribution in [2.75, 3.05) is 13.1 Å². The van der Waals surface area contributed by atoms with E-state index in [-0.39, 0.29) is 29.6 Å². The highest BCUT2D eigenvalue weighted by Crippen LogP contribution is 2.34. The Morgan fingerprint density at radius 2 is 2.08 bits per heavy atom. The number of H-pyrrole nitrogens is 1. The SMILES string of the molecule is Cc1ccsc1[C@@H]1CCN(C(=O)c2n[nH]c(=O)c3ccccc23)C[C@H]1O. The van der Waals surface area contributed by atoms with Crippen LogP contribution in [0.1, 0.15) is 33.3 Å². The molecule has 0 spiro atoms. The van der Waals surface area contributed by atoms with Gasteiger partial charge in [0.1, 0.15) is 0 Å². The van der Waals surface area contributed by atoms with Gasteiger partial charge < -0.3 is 10.0 Å². The third kappa shape index (κ3) is 2.83.